The predicted molar refractivity (Wildman–Crippen MR) is 121 cm³/mol. The van der Waals surface area contributed by atoms with Gasteiger partial charge in [-0.2, -0.15) is 0 Å². The number of para-hydroxylation sites is 1. The highest BCUT2D eigenvalue weighted by Gasteiger charge is 2.12. The van der Waals surface area contributed by atoms with Gasteiger partial charge in [0.05, 0.1) is 17.4 Å². The van der Waals surface area contributed by atoms with E-state index in [1.165, 1.54) is 57.7 Å². The summed E-state index contributed by atoms with van der Waals surface area (Å²) in [7, 11) is 0. The van der Waals surface area contributed by atoms with Crippen LogP contribution < -0.4 is 4.74 Å². The molecule has 0 unspecified atom stereocenters. The van der Waals surface area contributed by atoms with Gasteiger partial charge >= 0.3 is 5.97 Å². The molecule has 160 valence electrons. The van der Waals surface area contributed by atoms with Crippen molar-refractivity contribution in [3.05, 3.63) is 43.1 Å². The molecule has 0 aliphatic rings. The van der Waals surface area contributed by atoms with Crippen molar-refractivity contribution in [2.45, 2.75) is 69.7 Å². The minimum Gasteiger partial charge on any atom is -0.424 e. The fraction of sp³-hybridized carbons (Fsp3) is 0.478. The summed E-state index contributed by atoms with van der Waals surface area (Å²) >= 11 is 1.75. The van der Waals surface area contributed by atoms with Crippen LogP contribution in [-0.4, -0.2) is 31.2 Å². The molecule has 3 rings (SSSR count). The van der Waals surface area contributed by atoms with Crippen LogP contribution in [0.2, 0.25) is 0 Å². The van der Waals surface area contributed by atoms with Crippen LogP contribution in [0.4, 0.5) is 0 Å². The summed E-state index contributed by atoms with van der Waals surface area (Å²) in [4.78, 5) is 25.8. The first-order valence-electron chi connectivity index (χ1n) is 10.8. The van der Waals surface area contributed by atoms with Crippen LogP contribution in [0.25, 0.3) is 11.2 Å². The van der Waals surface area contributed by atoms with E-state index in [-0.39, 0.29) is 12.5 Å². The second-order valence-electron chi connectivity index (χ2n) is 7.35. The summed E-state index contributed by atoms with van der Waals surface area (Å²) in [6, 6.07) is 7.73. The van der Waals surface area contributed by atoms with Gasteiger partial charge in [0.1, 0.15) is 24.1 Å². The zero-order chi connectivity index (χ0) is 21.0. The van der Waals surface area contributed by atoms with E-state index in [2.05, 4.69) is 21.9 Å². The monoisotopic (exact) mass is 426 g/mol. The van der Waals surface area contributed by atoms with Crippen molar-refractivity contribution < 1.29 is 9.53 Å². The molecule has 2 aromatic heterocycles. The molecule has 0 saturated heterocycles. The standard InChI is InChI=1S/C23H30N4O2S/c1-2-3-4-5-6-7-8-11-14-30-21-13-10-9-12-20(21)29-22(28)16-27-18-26-19-15-24-17-25-23(19)27/h9-10,12-13,15,17-18H,2-8,11,14,16H2,1H3. The molecule has 0 radical (unpaired) electrons. The molecule has 0 amide bonds. The third kappa shape index (κ3) is 6.83. The maximum Gasteiger partial charge on any atom is 0.331 e. The van der Waals surface area contributed by atoms with Crippen molar-refractivity contribution in [1.82, 2.24) is 19.5 Å². The van der Waals surface area contributed by atoms with Gasteiger partial charge in [-0.1, -0.05) is 64.0 Å². The molecule has 0 aliphatic carbocycles. The van der Waals surface area contributed by atoms with E-state index in [0.717, 1.165) is 10.6 Å². The fourth-order valence-corrected chi connectivity index (χ4v) is 4.29. The molecule has 0 N–H and O–H groups in total. The van der Waals surface area contributed by atoms with Crippen LogP contribution in [0.5, 0.6) is 5.75 Å². The van der Waals surface area contributed by atoms with Crippen molar-refractivity contribution in [2.24, 2.45) is 0 Å². The van der Waals surface area contributed by atoms with Gasteiger partial charge in [0.15, 0.2) is 5.65 Å². The van der Waals surface area contributed by atoms with Gasteiger partial charge in [0.2, 0.25) is 0 Å². The van der Waals surface area contributed by atoms with Gasteiger partial charge < -0.3 is 9.30 Å². The van der Waals surface area contributed by atoms with E-state index in [1.807, 2.05) is 24.3 Å². The lowest BCUT2D eigenvalue weighted by Gasteiger charge is -2.10. The van der Waals surface area contributed by atoms with Crippen LogP contribution in [0.1, 0.15) is 58.3 Å². The number of carbonyl (C=O) groups is 1. The number of imidazole rings is 1. The first-order chi connectivity index (χ1) is 14.8. The molecule has 7 heteroatoms. The normalized spacial score (nSPS) is 11.1. The average Bonchev–Trinajstić information content (AvgIpc) is 3.16. The van der Waals surface area contributed by atoms with E-state index >= 15 is 0 Å². The molecule has 0 bridgehead atoms. The lowest BCUT2D eigenvalue weighted by Crippen LogP contribution is -2.16. The Bertz CT molecular complexity index is 928. The highest BCUT2D eigenvalue weighted by atomic mass is 32.2. The average molecular weight is 427 g/mol. The molecule has 0 spiro atoms. The lowest BCUT2D eigenvalue weighted by molar-refractivity contribution is -0.135. The summed E-state index contributed by atoms with van der Waals surface area (Å²) in [6.45, 7) is 2.31. The quantitative estimate of drug-likeness (QED) is 0.152. The molecule has 1 aromatic carbocycles. The van der Waals surface area contributed by atoms with Gasteiger partial charge in [-0.05, 0) is 24.3 Å². The Morgan fingerprint density at radius 3 is 2.63 bits per heavy atom. The maximum atomic E-state index is 12.5. The minimum absolute atomic E-state index is 0.0601. The van der Waals surface area contributed by atoms with E-state index in [1.54, 1.807) is 28.9 Å². The third-order valence-corrected chi connectivity index (χ3v) is 6.05. The SMILES string of the molecule is CCCCCCCCCCSc1ccccc1OC(=O)Cn1cnc2cncnc21. The summed E-state index contributed by atoms with van der Waals surface area (Å²) in [5.41, 5.74) is 1.28. The van der Waals surface area contributed by atoms with Crippen LogP contribution >= 0.6 is 11.8 Å². The number of esters is 1. The van der Waals surface area contributed by atoms with Gasteiger partial charge in [-0.25, -0.2) is 19.7 Å². The van der Waals surface area contributed by atoms with Crippen LogP contribution in [-0.2, 0) is 11.3 Å². The van der Waals surface area contributed by atoms with Crippen LogP contribution in [0.15, 0.2) is 48.0 Å². The van der Waals surface area contributed by atoms with Gasteiger partial charge in [-0.15, -0.1) is 11.8 Å². The summed E-state index contributed by atoms with van der Waals surface area (Å²) in [5, 5.41) is 0. The van der Waals surface area contributed by atoms with Crippen molar-refractivity contribution >= 4 is 28.9 Å². The molecule has 2 heterocycles. The van der Waals surface area contributed by atoms with Gasteiger partial charge in [-0.3, -0.25) is 0 Å². The molecule has 0 saturated carbocycles. The second-order valence-corrected chi connectivity index (χ2v) is 8.48. The zero-order valence-corrected chi connectivity index (χ0v) is 18.4. The molecular formula is C23H30N4O2S. The highest BCUT2D eigenvalue weighted by Crippen LogP contribution is 2.30. The number of rotatable bonds is 13. The number of aromatic nitrogens is 4. The van der Waals surface area contributed by atoms with Crippen molar-refractivity contribution in [1.29, 1.82) is 0 Å². The number of benzene rings is 1. The van der Waals surface area contributed by atoms with Gasteiger partial charge in [0.25, 0.3) is 0 Å². The van der Waals surface area contributed by atoms with E-state index in [0.29, 0.717) is 16.9 Å². The maximum absolute atomic E-state index is 12.5. The molecule has 0 aliphatic heterocycles. The topological polar surface area (TPSA) is 69.9 Å². The third-order valence-electron chi connectivity index (χ3n) is 4.91. The first-order valence-corrected chi connectivity index (χ1v) is 11.8. The number of hydrogen-bond acceptors (Lipinski definition) is 6. The Morgan fingerprint density at radius 2 is 1.80 bits per heavy atom. The number of fused-ring (bicyclic) bond motifs is 1. The molecule has 30 heavy (non-hydrogen) atoms. The van der Waals surface area contributed by atoms with Gasteiger partial charge in [0, 0.05) is 0 Å². The number of unbranched alkanes of at least 4 members (excludes halogenated alkanes) is 7. The number of hydrogen-bond donors (Lipinski definition) is 0. The molecule has 3 aromatic rings. The number of thioether (sulfide) groups is 1. The van der Waals surface area contributed by atoms with Crippen molar-refractivity contribution in [2.75, 3.05) is 5.75 Å². The summed E-state index contributed by atoms with van der Waals surface area (Å²) < 4.78 is 7.33. The fourth-order valence-electron chi connectivity index (χ4n) is 3.30. The summed E-state index contributed by atoms with van der Waals surface area (Å²) in [5.74, 6) is 1.31. The highest BCUT2D eigenvalue weighted by molar-refractivity contribution is 7.99. The molecule has 0 fully saturated rings. The second kappa shape index (κ2) is 12.3. The Balaban J connectivity index is 1.44. The van der Waals surface area contributed by atoms with E-state index in [4.69, 9.17) is 4.74 Å². The number of carbonyl (C=O) groups excluding carboxylic acids is 1. The Morgan fingerprint density at radius 1 is 1.03 bits per heavy atom. The van der Waals surface area contributed by atoms with Crippen molar-refractivity contribution in [3.8, 4) is 5.75 Å². The number of ether oxygens (including phenoxy) is 1. The molecule has 6 nitrogen and oxygen atoms in total. The summed E-state index contributed by atoms with van der Waals surface area (Å²) in [6.07, 6.45) is 15.1. The first kappa shape index (κ1) is 22.3. The zero-order valence-electron chi connectivity index (χ0n) is 17.6. The van der Waals surface area contributed by atoms with Crippen LogP contribution in [0.3, 0.4) is 0 Å². The van der Waals surface area contributed by atoms with Crippen LogP contribution in [0, 0.1) is 0 Å². The largest absolute Gasteiger partial charge is 0.424 e. The number of nitrogens with zero attached hydrogens (tertiary/aromatic N) is 4. The Hall–Kier alpha value is -2.41. The predicted octanol–water partition coefficient (Wildman–Crippen LogP) is 5.66. The minimum atomic E-state index is -0.340. The van der Waals surface area contributed by atoms with E-state index in [9.17, 15) is 4.79 Å². The lowest BCUT2D eigenvalue weighted by atomic mass is 10.1. The molecular weight excluding hydrogens is 396 g/mol. The van der Waals surface area contributed by atoms with Crippen molar-refractivity contribution in [3.63, 3.8) is 0 Å². The smallest absolute Gasteiger partial charge is 0.331 e. The molecule has 0 atom stereocenters. The van der Waals surface area contributed by atoms with E-state index < -0.39 is 0 Å². The Kier molecular flexibility index (Phi) is 9.15. The Labute approximate surface area is 182 Å².